The van der Waals surface area contributed by atoms with Crippen LogP contribution in [0, 0.1) is 12.8 Å². The zero-order valence-electron chi connectivity index (χ0n) is 11.8. The van der Waals surface area contributed by atoms with Crippen molar-refractivity contribution >= 4 is 28.1 Å². The fourth-order valence-electron chi connectivity index (χ4n) is 1.79. The molecule has 0 aliphatic carbocycles. The summed E-state index contributed by atoms with van der Waals surface area (Å²) in [6.07, 6.45) is 0.478. The summed E-state index contributed by atoms with van der Waals surface area (Å²) in [5.41, 5.74) is 8.51. The van der Waals surface area contributed by atoms with Gasteiger partial charge in [-0.15, -0.1) is 10.2 Å². The molecular weight excluding hydrogens is 272 g/mol. The van der Waals surface area contributed by atoms with Crippen molar-refractivity contribution in [2.24, 2.45) is 5.92 Å². The fourth-order valence-corrected chi connectivity index (χ4v) is 2.63. The summed E-state index contributed by atoms with van der Waals surface area (Å²) in [6, 6.07) is 5.67. The molecule has 0 atom stereocenters. The van der Waals surface area contributed by atoms with Crippen molar-refractivity contribution in [3.63, 3.8) is 0 Å². The Kier molecular flexibility index (Phi) is 4.34. The molecule has 3 N–H and O–H groups in total. The predicted octanol–water partition coefficient (Wildman–Crippen LogP) is 3.08. The summed E-state index contributed by atoms with van der Waals surface area (Å²) >= 11 is 1.35. The van der Waals surface area contributed by atoms with E-state index in [4.69, 9.17) is 5.73 Å². The summed E-state index contributed by atoms with van der Waals surface area (Å²) in [7, 11) is 0. The molecule has 0 radical (unpaired) electrons. The molecule has 1 amide bonds. The second kappa shape index (κ2) is 6.00. The van der Waals surface area contributed by atoms with E-state index in [1.165, 1.54) is 11.3 Å². The lowest BCUT2D eigenvalue weighted by Crippen LogP contribution is -2.13. The van der Waals surface area contributed by atoms with Crippen molar-refractivity contribution in [3.8, 4) is 10.6 Å². The lowest BCUT2D eigenvalue weighted by molar-refractivity contribution is -0.116. The quantitative estimate of drug-likeness (QED) is 0.848. The Bertz CT molecular complexity index is 621. The average molecular weight is 290 g/mol. The Morgan fingerprint density at radius 1 is 1.40 bits per heavy atom. The maximum absolute atomic E-state index is 11.7. The molecule has 0 aliphatic rings. The smallest absolute Gasteiger partial charge is 0.226 e. The number of hydrogen-bond donors (Lipinski definition) is 2. The van der Waals surface area contributed by atoms with E-state index in [0.29, 0.717) is 23.2 Å². The van der Waals surface area contributed by atoms with E-state index in [-0.39, 0.29) is 5.91 Å². The Hall–Kier alpha value is -1.95. The summed E-state index contributed by atoms with van der Waals surface area (Å²) < 4.78 is 0. The number of anilines is 2. The van der Waals surface area contributed by atoms with Crippen LogP contribution in [0.15, 0.2) is 18.2 Å². The number of benzene rings is 1. The van der Waals surface area contributed by atoms with Crippen molar-refractivity contribution in [1.82, 2.24) is 10.2 Å². The van der Waals surface area contributed by atoms with E-state index in [2.05, 4.69) is 15.5 Å². The van der Waals surface area contributed by atoms with Crippen LogP contribution >= 0.6 is 11.3 Å². The van der Waals surface area contributed by atoms with Gasteiger partial charge in [0.05, 0.1) is 0 Å². The van der Waals surface area contributed by atoms with E-state index in [1.807, 2.05) is 39.0 Å². The molecule has 5 nitrogen and oxygen atoms in total. The zero-order chi connectivity index (χ0) is 14.7. The summed E-state index contributed by atoms with van der Waals surface area (Å²) in [5, 5.41) is 12.2. The summed E-state index contributed by atoms with van der Waals surface area (Å²) in [5.74, 6) is 0.283. The third-order valence-corrected chi connectivity index (χ3v) is 3.63. The van der Waals surface area contributed by atoms with Crippen molar-refractivity contribution < 1.29 is 4.79 Å². The molecule has 0 fully saturated rings. The number of rotatable bonds is 4. The molecule has 2 rings (SSSR count). The van der Waals surface area contributed by atoms with Gasteiger partial charge in [-0.3, -0.25) is 4.79 Å². The average Bonchev–Trinajstić information content (AvgIpc) is 2.79. The van der Waals surface area contributed by atoms with Crippen molar-refractivity contribution in [2.45, 2.75) is 27.2 Å². The normalized spacial score (nSPS) is 10.8. The van der Waals surface area contributed by atoms with Gasteiger partial charge in [0.25, 0.3) is 0 Å². The first kappa shape index (κ1) is 14.5. The van der Waals surface area contributed by atoms with Crippen LogP contribution in [-0.4, -0.2) is 16.1 Å². The van der Waals surface area contributed by atoms with Crippen LogP contribution in [0.4, 0.5) is 10.8 Å². The van der Waals surface area contributed by atoms with Gasteiger partial charge in [0.1, 0.15) is 5.01 Å². The van der Waals surface area contributed by atoms with Gasteiger partial charge >= 0.3 is 0 Å². The molecule has 0 aliphatic heterocycles. The van der Waals surface area contributed by atoms with Crippen LogP contribution < -0.4 is 11.1 Å². The van der Waals surface area contributed by atoms with E-state index in [1.54, 1.807) is 0 Å². The molecule has 20 heavy (non-hydrogen) atoms. The largest absolute Gasteiger partial charge is 0.399 e. The van der Waals surface area contributed by atoms with Crippen molar-refractivity contribution in [3.05, 3.63) is 23.8 Å². The Labute approximate surface area is 122 Å². The van der Waals surface area contributed by atoms with Gasteiger partial charge in [-0.1, -0.05) is 31.3 Å². The minimum atomic E-state index is -0.0352. The monoisotopic (exact) mass is 290 g/mol. The Balaban J connectivity index is 2.16. The van der Waals surface area contributed by atoms with Gasteiger partial charge in [-0.2, -0.15) is 0 Å². The highest BCUT2D eigenvalue weighted by Gasteiger charge is 2.12. The second-order valence-electron chi connectivity index (χ2n) is 5.13. The van der Waals surface area contributed by atoms with E-state index < -0.39 is 0 Å². The number of nitrogen functional groups attached to an aromatic ring is 1. The second-order valence-corrected chi connectivity index (χ2v) is 6.11. The van der Waals surface area contributed by atoms with E-state index >= 15 is 0 Å². The van der Waals surface area contributed by atoms with Crippen LogP contribution in [0.3, 0.4) is 0 Å². The first-order valence-corrected chi connectivity index (χ1v) is 7.27. The maximum atomic E-state index is 11.7. The molecule has 0 bridgehead atoms. The first-order chi connectivity index (χ1) is 9.45. The number of aromatic nitrogens is 2. The summed E-state index contributed by atoms with van der Waals surface area (Å²) in [4.78, 5) is 11.7. The summed E-state index contributed by atoms with van der Waals surface area (Å²) in [6.45, 7) is 6.00. The van der Waals surface area contributed by atoms with Crippen LogP contribution in [0.25, 0.3) is 10.6 Å². The van der Waals surface area contributed by atoms with Gasteiger partial charge in [0, 0.05) is 17.7 Å². The van der Waals surface area contributed by atoms with Crippen molar-refractivity contribution in [1.29, 1.82) is 0 Å². The number of carbonyl (C=O) groups is 1. The van der Waals surface area contributed by atoms with Gasteiger partial charge in [-0.25, -0.2) is 0 Å². The lowest BCUT2D eigenvalue weighted by Gasteiger charge is -2.03. The number of nitrogens with one attached hydrogen (secondary N) is 1. The van der Waals surface area contributed by atoms with Crippen LogP contribution in [0.2, 0.25) is 0 Å². The van der Waals surface area contributed by atoms with Crippen LogP contribution in [0.1, 0.15) is 25.8 Å². The molecule has 6 heteroatoms. The first-order valence-electron chi connectivity index (χ1n) is 6.45. The Morgan fingerprint density at radius 3 is 2.85 bits per heavy atom. The molecular formula is C14H18N4OS. The molecule has 0 saturated carbocycles. The van der Waals surface area contributed by atoms with Gasteiger partial charge in [-0.05, 0) is 30.5 Å². The minimum absolute atomic E-state index is 0.0352. The number of carbonyl (C=O) groups excluding carboxylic acids is 1. The number of aryl methyl sites for hydroxylation is 1. The van der Waals surface area contributed by atoms with Gasteiger partial charge < -0.3 is 11.1 Å². The zero-order valence-corrected chi connectivity index (χ0v) is 12.6. The molecule has 0 saturated heterocycles. The van der Waals surface area contributed by atoms with E-state index in [0.717, 1.165) is 16.1 Å². The standard InChI is InChI=1S/C14H18N4OS/c1-8(2)6-12(19)16-14-18-17-13(20-14)11-7-10(15)5-4-9(11)3/h4-5,7-8H,6,15H2,1-3H3,(H,16,18,19). The highest BCUT2D eigenvalue weighted by molar-refractivity contribution is 7.18. The molecule has 1 aromatic heterocycles. The third-order valence-electron chi connectivity index (χ3n) is 2.76. The minimum Gasteiger partial charge on any atom is -0.399 e. The number of nitrogens with zero attached hydrogens (tertiary/aromatic N) is 2. The van der Waals surface area contributed by atoms with Crippen LogP contribution in [-0.2, 0) is 4.79 Å². The number of hydrogen-bond acceptors (Lipinski definition) is 5. The van der Waals surface area contributed by atoms with Crippen molar-refractivity contribution in [2.75, 3.05) is 11.1 Å². The molecule has 2 aromatic rings. The molecule has 0 spiro atoms. The fraction of sp³-hybridized carbons (Fsp3) is 0.357. The molecule has 106 valence electrons. The number of nitrogens with two attached hydrogens (primary N) is 1. The van der Waals surface area contributed by atoms with E-state index in [9.17, 15) is 4.79 Å². The molecule has 1 aromatic carbocycles. The topological polar surface area (TPSA) is 80.9 Å². The number of amides is 1. The highest BCUT2D eigenvalue weighted by atomic mass is 32.1. The van der Waals surface area contributed by atoms with Crippen LogP contribution in [0.5, 0.6) is 0 Å². The van der Waals surface area contributed by atoms with Gasteiger partial charge in [0.2, 0.25) is 11.0 Å². The predicted molar refractivity (Wildman–Crippen MR) is 82.6 cm³/mol. The SMILES string of the molecule is Cc1ccc(N)cc1-c1nnc(NC(=O)CC(C)C)s1. The third kappa shape index (κ3) is 3.54. The molecule has 0 unspecified atom stereocenters. The maximum Gasteiger partial charge on any atom is 0.226 e. The van der Waals surface area contributed by atoms with Gasteiger partial charge in [0.15, 0.2) is 0 Å². The Morgan fingerprint density at radius 2 is 2.15 bits per heavy atom. The lowest BCUT2D eigenvalue weighted by atomic mass is 10.1. The highest BCUT2D eigenvalue weighted by Crippen LogP contribution is 2.30. The molecule has 1 heterocycles.